The first-order valence-electron chi connectivity index (χ1n) is 6.81. The zero-order chi connectivity index (χ0) is 13.7. The van der Waals surface area contributed by atoms with Gasteiger partial charge in [-0.2, -0.15) is 0 Å². The van der Waals surface area contributed by atoms with Crippen molar-refractivity contribution in [3.8, 4) is 0 Å². The summed E-state index contributed by atoms with van der Waals surface area (Å²) in [7, 11) is 1.73. The molecule has 1 atom stereocenters. The second-order valence-electron chi connectivity index (χ2n) is 4.95. The number of ether oxygens (including phenoxy) is 1. The van der Waals surface area contributed by atoms with Crippen LogP contribution < -0.4 is 10.2 Å². The van der Waals surface area contributed by atoms with Gasteiger partial charge in [0.05, 0.1) is 11.1 Å². The third kappa shape index (κ3) is 3.68. The number of rotatable bonds is 6. The maximum Gasteiger partial charge on any atom is 0.143 e. The van der Waals surface area contributed by atoms with Crippen molar-refractivity contribution >= 4 is 21.7 Å². The zero-order valence-corrected chi connectivity index (χ0v) is 13.2. The van der Waals surface area contributed by atoms with Gasteiger partial charge in [-0.05, 0) is 47.3 Å². The van der Waals surface area contributed by atoms with Crippen molar-refractivity contribution in [2.24, 2.45) is 0 Å². The number of halogens is 1. The Morgan fingerprint density at radius 1 is 1.58 bits per heavy atom. The minimum atomic E-state index is 0.530. The molecule has 1 N–H and O–H groups in total. The van der Waals surface area contributed by atoms with Gasteiger partial charge in [0.2, 0.25) is 0 Å². The van der Waals surface area contributed by atoms with Crippen LogP contribution in [0.3, 0.4) is 0 Å². The Kier molecular flexibility index (Phi) is 5.60. The van der Waals surface area contributed by atoms with Crippen LogP contribution in [-0.2, 0) is 4.74 Å². The molecular formula is C14H22BrN3O. The number of aryl methyl sites for hydroxylation is 1. The Morgan fingerprint density at radius 3 is 3.21 bits per heavy atom. The Labute approximate surface area is 123 Å². The molecule has 0 radical (unpaired) electrons. The standard InChI is InChI=1S/C14H22BrN3O/c1-11-5-6-17-14(13(11)15)18-8-3-4-12(18)10-16-7-9-19-2/h5-6,12,16H,3-4,7-10H2,1-2H3. The van der Waals surface area contributed by atoms with Crippen LogP contribution in [0.5, 0.6) is 0 Å². The van der Waals surface area contributed by atoms with Crippen LogP contribution in [0, 0.1) is 6.92 Å². The van der Waals surface area contributed by atoms with Gasteiger partial charge >= 0.3 is 0 Å². The molecule has 1 unspecified atom stereocenters. The lowest BCUT2D eigenvalue weighted by Crippen LogP contribution is -2.39. The molecule has 1 aliphatic rings. The molecule has 1 saturated heterocycles. The minimum absolute atomic E-state index is 0.530. The summed E-state index contributed by atoms with van der Waals surface area (Å²) in [6, 6.07) is 2.57. The lowest BCUT2D eigenvalue weighted by molar-refractivity contribution is 0.199. The van der Waals surface area contributed by atoms with Crippen molar-refractivity contribution in [1.82, 2.24) is 10.3 Å². The number of pyridine rings is 1. The average Bonchev–Trinajstić information content (AvgIpc) is 2.86. The summed E-state index contributed by atoms with van der Waals surface area (Å²) in [5.74, 6) is 1.08. The first kappa shape index (κ1) is 14.8. The number of hydrogen-bond acceptors (Lipinski definition) is 4. The lowest BCUT2D eigenvalue weighted by atomic mass is 10.2. The maximum absolute atomic E-state index is 5.06. The molecule has 1 fully saturated rings. The van der Waals surface area contributed by atoms with Crippen LogP contribution in [0.2, 0.25) is 0 Å². The molecule has 1 aromatic rings. The summed E-state index contributed by atoms with van der Waals surface area (Å²) in [6.07, 6.45) is 4.35. The van der Waals surface area contributed by atoms with Gasteiger partial charge in [0, 0.05) is 39.0 Å². The number of aromatic nitrogens is 1. The molecule has 4 nitrogen and oxygen atoms in total. The largest absolute Gasteiger partial charge is 0.383 e. The van der Waals surface area contributed by atoms with E-state index in [0.717, 1.165) is 36.5 Å². The Morgan fingerprint density at radius 2 is 2.42 bits per heavy atom. The van der Waals surface area contributed by atoms with E-state index < -0.39 is 0 Å². The molecule has 0 amide bonds. The summed E-state index contributed by atoms with van der Waals surface area (Å²) in [5, 5.41) is 3.45. The quantitative estimate of drug-likeness (QED) is 0.814. The number of anilines is 1. The summed E-state index contributed by atoms with van der Waals surface area (Å²) >= 11 is 3.67. The normalized spacial score (nSPS) is 19.1. The zero-order valence-electron chi connectivity index (χ0n) is 11.7. The molecule has 0 spiro atoms. The van der Waals surface area contributed by atoms with Crippen LogP contribution >= 0.6 is 15.9 Å². The van der Waals surface area contributed by atoms with E-state index in [-0.39, 0.29) is 0 Å². The number of methoxy groups -OCH3 is 1. The van der Waals surface area contributed by atoms with Gasteiger partial charge in [-0.3, -0.25) is 0 Å². The highest BCUT2D eigenvalue weighted by Gasteiger charge is 2.26. The first-order valence-corrected chi connectivity index (χ1v) is 7.60. The fourth-order valence-electron chi connectivity index (χ4n) is 2.50. The third-order valence-corrected chi connectivity index (χ3v) is 4.56. The summed E-state index contributed by atoms with van der Waals surface area (Å²) in [5.41, 5.74) is 1.24. The van der Waals surface area contributed by atoms with Gasteiger partial charge in [0.1, 0.15) is 5.82 Å². The van der Waals surface area contributed by atoms with Gasteiger partial charge in [-0.15, -0.1) is 0 Å². The van der Waals surface area contributed by atoms with E-state index in [1.54, 1.807) is 7.11 Å². The Balaban J connectivity index is 2.00. The summed E-state index contributed by atoms with van der Waals surface area (Å²) in [6.45, 7) is 5.86. The van der Waals surface area contributed by atoms with Gasteiger partial charge in [0.15, 0.2) is 0 Å². The minimum Gasteiger partial charge on any atom is -0.383 e. The number of nitrogens with zero attached hydrogens (tertiary/aromatic N) is 2. The van der Waals surface area contributed by atoms with Crippen molar-refractivity contribution in [3.05, 3.63) is 22.3 Å². The highest BCUT2D eigenvalue weighted by atomic mass is 79.9. The highest BCUT2D eigenvalue weighted by Crippen LogP contribution is 2.31. The van der Waals surface area contributed by atoms with Crippen LogP contribution in [-0.4, -0.2) is 44.4 Å². The van der Waals surface area contributed by atoms with E-state index in [4.69, 9.17) is 4.74 Å². The van der Waals surface area contributed by atoms with Gasteiger partial charge in [-0.1, -0.05) is 0 Å². The molecule has 1 aliphatic heterocycles. The molecule has 0 aromatic carbocycles. The van der Waals surface area contributed by atoms with Crippen molar-refractivity contribution in [3.63, 3.8) is 0 Å². The molecule has 5 heteroatoms. The van der Waals surface area contributed by atoms with Gasteiger partial charge < -0.3 is 15.0 Å². The molecule has 19 heavy (non-hydrogen) atoms. The van der Waals surface area contributed by atoms with Crippen molar-refractivity contribution in [2.75, 3.05) is 38.3 Å². The molecule has 1 aromatic heterocycles. The molecule has 106 valence electrons. The molecule has 0 saturated carbocycles. The number of nitrogens with one attached hydrogen (secondary N) is 1. The van der Waals surface area contributed by atoms with E-state index in [2.05, 4.69) is 38.1 Å². The van der Waals surface area contributed by atoms with E-state index in [0.29, 0.717) is 6.04 Å². The molecule has 2 rings (SSSR count). The van der Waals surface area contributed by atoms with Crippen molar-refractivity contribution < 1.29 is 4.74 Å². The average molecular weight is 328 g/mol. The van der Waals surface area contributed by atoms with Crippen LogP contribution in [0.4, 0.5) is 5.82 Å². The maximum atomic E-state index is 5.06. The number of hydrogen-bond donors (Lipinski definition) is 1. The third-order valence-electron chi connectivity index (χ3n) is 3.58. The molecule has 0 aliphatic carbocycles. The topological polar surface area (TPSA) is 37.4 Å². The Hall–Kier alpha value is -0.650. The van der Waals surface area contributed by atoms with Crippen LogP contribution in [0.1, 0.15) is 18.4 Å². The highest BCUT2D eigenvalue weighted by molar-refractivity contribution is 9.10. The predicted octanol–water partition coefficient (Wildman–Crippen LogP) is 2.36. The van der Waals surface area contributed by atoms with E-state index in [1.165, 1.54) is 18.4 Å². The van der Waals surface area contributed by atoms with E-state index >= 15 is 0 Å². The molecule has 2 heterocycles. The van der Waals surface area contributed by atoms with E-state index in [9.17, 15) is 0 Å². The van der Waals surface area contributed by atoms with E-state index in [1.807, 2.05) is 12.3 Å². The first-order chi connectivity index (χ1) is 9.24. The second kappa shape index (κ2) is 7.22. The van der Waals surface area contributed by atoms with Gasteiger partial charge in [-0.25, -0.2) is 4.98 Å². The molecular weight excluding hydrogens is 306 g/mol. The SMILES string of the molecule is COCCNCC1CCCN1c1nccc(C)c1Br. The summed E-state index contributed by atoms with van der Waals surface area (Å²) < 4.78 is 6.18. The van der Waals surface area contributed by atoms with Crippen molar-refractivity contribution in [2.45, 2.75) is 25.8 Å². The Bertz CT molecular complexity index is 414. The van der Waals surface area contributed by atoms with Crippen molar-refractivity contribution in [1.29, 1.82) is 0 Å². The smallest absolute Gasteiger partial charge is 0.143 e. The molecule has 0 bridgehead atoms. The van der Waals surface area contributed by atoms with Gasteiger partial charge in [0.25, 0.3) is 0 Å². The lowest BCUT2D eigenvalue weighted by Gasteiger charge is -2.27. The summed E-state index contributed by atoms with van der Waals surface area (Å²) in [4.78, 5) is 6.96. The fourth-order valence-corrected chi connectivity index (χ4v) is 2.96. The fraction of sp³-hybridized carbons (Fsp3) is 0.643. The predicted molar refractivity (Wildman–Crippen MR) is 81.8 cm³/mol. The second-order valence-corrected chi connectivity index (χ2v) is 5.74. The van der Waals surface area contributed by atoms with Crippen LogP contribution in [0.25, 0.3) is 0 Å². The van der Waals surface area contributed by atoms with Crippen LogP contribution in [0.15, 0.2) is 16.7 Å². The monoisotopic (exact) mass is 327 g/mol.